The summed E-state index contributed by atoms with van der Waals surface area (Å²) in [5.41, 5.74) is 2.32. The minimum absolute atomic E-state index is 0.0714. The molecule has 1 fully saturated rings. The number of ether oxygens (including phenoxy) is 1. The molecule has 1 atom stereocenters. The van der Waals surface area contributed by atoms with Gasteiger partial charge in [0.15, 0.2) is 0 Å². The summed E-state index contributed by atoms with van der Waals surface area (Å²) in [4.78, 5) is 24.2. The van der Waals surface area contributed by atoms with Crippen LogP contribution < -0.4 is 5.32 Å². The highest BCUT2D eigenvalue weighted by Gasteiger charge is 2.25. The number of aryl methyl sites for hydroxylation is 1. The minimum Gasteiger partial charge on any atom is -0.481 e. The van der Waals surface area contributed by atoms with Gasteiger partial charge in [-0.05, 0) is 17.5 Å². The maximum atomic E-state index is 12.0. The Balaban J connectivity index is 1.90. The summed E-state index contributed by atoms with van der Waals surface area (Å²) in [5, 5.41) is 11.2. The van der Waals surface area contributed by atoms with Crippen LogP contribution in [0, 0.1) is 0 Å². The van der Waals surface area contributed by atoms with Crippen LogP contribution in [0.1, 0.15) is 30.6 Å². The number of hydrogen-bond donors (Lipinski definition) is 2. The Morgan fingerprint density at radius 1 is 1.36 bits per heavy atom. The molecule has 6 nitrogen and oxygen atoms in total. The van der Waals surface area contributed by atoms with Crippen LogP contribution in [0.4, 0.5) is 4.79 Å². The summed E-state index contributed by atoms with van der Waals surface area (Å²) in [7, 11) is 0. The number of urea groups is 1. The van der Waals surface area contributed by atoms with Crippen LogP contribution >= 0.6 is 0 Å². The fourth-order valence-corrected chi connectivity index (χ4v) is 2.39. The first-order chi connectivity index (χ1) is 10.6. The van der Waals surface area contributed by atoms with Gasteiger partial charge in [0.25, 0.3) is 0 Å². The molecule has 22 heavy (non-hydrogen) atoms. The standard InChI is InChI=1S/C16H22N2O4/c1-2-12-3-5-13(6-4-12)14-11-18(9-10-22-14)16(21)17-8-7-15(19)20/h3-6,14H,2,7-11H2,1H3,(H,17,21)(H,19,20). The molecule has 2 N–H and O–H groups in total. The van der Waals surface area contributed by atoms with Crippen molar-refractivity contribution in [2.75, 3.05) is 26.2 Å². The topological polar surface area (TPSA) is 78.9 Å². The zero-order valence-electron chi connectivity index (χ0n) is 12.7. The number of carbonyl (C=O) groups excluding carboxylic acids is 1. The predicted octanol–water partition coefficient (Wildman–Crippen LogP) is 1.81. The molecule has 1 unspecified atom stereocenters. The zero-order chi connectivity index (χ0) is 15.9. The molecule has 1 saturated heterocycles. The molecule has 0 aliphatic carbocycles. The largest absolute Gasteiger partial charge is 0.481 e. The number of nitrogens with zero attached hydrogens (tertiary/aromatic N) is 1. The van der Waals surface area contributed by atoms with Gasteiger partial charge < -0.3 is 20.1 Å². The second kappa shape index (κ2) is 7.79. The number of nitrogens with one attached hydrogen (secondary N) is 1. The third-order valence-electron chi connectivity index (χ3n) is 3.73. The van der Waals surface area contributed by atoms with Crippen molar-refractivity contribution < 1.29 is 19.4 Å². The lowest BCUT2D eigenvalue weighted by Crippen LogP contribution is -2.47. The fourth-order valence-electron chi connectivity index (χ4n) is 2.39. The third kappa shape index (κ3) is 4.46. The van der Waals surface area contributed by atoms with Gasteiger partial charge >= 0.3 is 12.0 Å². The number of carboxylic acids is 1. The summed E-state index contributed by atoms with van der Waals surface area (Å²) in [6, 6.07) is 7.99. The lowest BCUT2D eigenvalue weighted by molar-refractivity contribution is -0.136. The van der Waals surface area contributed by atoms with E-state index >= 15 is 0 Å². The molecule has 120 valence electrons. The van der Waals surface area contributed by atoms with Gasteiger partial charge in [0.05, 0.1) is 19.6 Å². The van der Waals surface area contributed by atoms with Crippen LogP contribution in [-0.2, 0) is 16.0 Å². The third-order valence-corrected chi connectivity index (χ3v) is 3.73. The van der Waals surface area contributed by atoms with E-state index in [0.717, 1.165) is 12.0 Å². The Hall–Kier alpha value is -2.08. The second-order valence-electron chi connectivity index (χ2n) is 5.28. The predicted molar refractivity (Wildman–Crippen MR) is 81.7 cm³/mol. The van der Waals surface area contributed by atoms with Crippen LogP contribution in [0.15, 0.2) is 24.3 Å². The normalized spacial score (nSPS) is 18.0. The number of amides is 2. The van der Waals surface area contributed by atoms with E-state index in [1.807, 2.05) is 12.1 Å². The molecule has 1 aliphatic heterocycles. The quantitative estimate of drug-likeness (QED) is 0.869. The average Bonchev–Trinajstić information content (AvgIpc) is 2.54. The highest BCUT2D eigenvalue weighted by molar-refractivity contribution is 5.75. The molecule has 1 aromatic rings. The van der Waals surface area contributed by atoms with Crippen molar-refractivity contribution in [2.45, 2.75) is 25.9 Å². The van der Waals surface area contributed by atoms with Crippen LogP contribution in [0.2, 0.25) is 0 Å². The van der Waals surface area contributed by atoms with Crippen molar-refractivity contribution in [3.8, 4) is 0 Å². The average molecular weight is 306 g/mol. The van der Waals surface area contributed by atoms with Gasteiger partial charge in [0.1, 0.15) is 6.10 Å². The smallest absolute Gasteiger partial charge is 0.317 e. The Labute approximate surface area is 130 Å². The Bertz CT molecular complexity index is 515. The van der Waals surface area contributed by atoms with Gasteiger partial charge in [-0.3, -0.25) is 4.79 Å². The van der Waals surface area contributed by atoms with Crippen molar-refractivity contribution in [2.24, 2.45) is 0 Å². The van der Waals surface area contributed by atoms with Crippen LogP contribution in [0.3, 0.4) is 0 Å². The van der Waals surface area contributed by atoms with Crippen molar-refractivity contribution >= 4 is 12.0 Å². The molecular weight excluding hydrogens is 284 g/mol. The van der Waals surface area contributed by atoms with Crippen LogP contribution in [0.25, 0.3) is 0 Å². The van der Waals surface area contributed by atoms with Crippen molar-refractivity contribution in [1.29, 1.82) is 0 Å². The first kappa shape index (κ1) is 16.3. The highest BCUT2D eigenvalue weighted by atomic mass is 16.5. The SMILES string of the molecule is CCc1ccc(C2CN(C(=O)NCCC(=O)O)CCO2)cc1. The monoisotopic (exact) mass is 306 g/mol. The number of aliphatic carboxylic acids is 1. The molecule has 0 saturated carbocycles. The molecule has 6 heteroatoms. The number of carboxylic acid groups (broad SMARTS) is 1. The first-order valence-corrected chi connectivity index (χ1v) is 7.55. The van der Waals surface area contributed by atoms with E-state index in [2.05, 4.69) is 24.4 Å². The number of rotatable bonds is 5. The van der Waals surface area contributed by atoms with E-state index in [-0.39, 0.29) is 25.1 Å². The lowest BCUT2D eigenvalue weighted by atomic mass is 10.0. The molecule has 0 bridgehead atoms. The maximum absolute atomic E-state index is 12.0. The molecule has 2 amide bonds. The van der Waals surface area contributed by atoms with Crippen LogP contribution in [-0.4, -0.2) is 48.2 Å². The van der Waals surface area contributed by atoms with Crippen molar-refractivity contribution in [3.05, 3.63) is 35.4 Å². The van der Waals surface area contributed by atoms with E-state index in [1.165, 1.54) is 5.56 Å². The molecule has 1 aliphatic rings. The number of carbonyl (C=O) groups is 2. The fraction of sp³-hybridized carbons (Fsp3) is 0.500. The molecule has 0 spiro atoms. The minimum atomic E-state index is -0.920. The van der Waals surface area contributed by atoms with Gasteiger partial charge in [0.2, 0.25) is 0 Å². The van der Waals surface area contributed by atoms with E-state index < -0.39 is 5.97 Å². The van der Waals surface area contributed by atoms with E-state index in [1.54, 1.807) is 4.90 Å². The summed E-state index contributed by atoms with van der Waals surface area (Å²) < 4.78 is 5.74. The number of morpholine rings is 1. The first-order valence-electron chi connectivity index (χ1n) is 7.55. The van der Waals surface area contributed by atoms with Gasteiger partial charge in [-0.25, -0.2) is 4.79 Å². The molecule has 1 aromatic carbocycles. The zero-order valence-corrected chi connectivity index (χ0v) is 12.7. The van der Waals surface area contributed by atoms with Crippen molar-refractivity contribution in [3.63, 3.8) is 0 Å². The van der Waals surface area contributed by atoms with E-state index in [0.29, 0.717) is 19.7 Å². The number of hydrogen-bond acceptors (Lipinski definition) is 3. The molecule has 0 aromatic heterocycles. The second-order valence-corrected chi connectivity index (χ2v) is 5.28. The van der Waals surface area contributed by atoms with E-state index in [9.17, 15) is 9.59 Å². The summed E-state index contributed by atoms with van der Waals surface area (Å²) in [6.45, 7) is 3.72. The Morgan fingerprint density at radius 3 is 2.73 bits per heavy atom. The lowest BCUT2D eigenvalue weighted by Gasteiger charge is -2.33. The van der Waals surface area contributed by atoms with E-state index in [4.69, 9.17) is 9.84 Å². The van der Waals surface area contributed by atoms with Gasteiger partial charge in [-0.15, -0.1) is 0 Å². The molecular formula is C16H22N2O4. The Morgan fingerprint density at radius 2 is 2.09 bits per heavy atom. The Kier molecular flexibility index (Phi) is 5.77. The summed E-state index contributed by atoms with van der Waals surface area (Å²) >= 11 is 0. The highest BCUT2D eigenvalue weighted by Crippen LogP contribution is 2.22. The molecule has 2 rings (SSSR count). The molecule has 0 radical (unpaired) electrons. The van der Waals surface area contributed by atoms with Crippen molar-refractivity contribution in [1.82, 2.24) is 10.2 Å². The summed E-state index contributed by atoms with van der Waals surface area (Å²) in [5.74, 6) is -0.920. The maximum Gasteiger partial charge on any atom is 0.317 e. The van der Waals surface area contributed by atoms with Gasteiger partial charge in [-0.1, -0.05) is 31.2 Å². The summed E-state index contributed by atoms with van der Waals surface area (Å²) in [6.07, 6.45) is 0.784. The van der Waals surface area contributed by atoms with Crippen LogP contribution in [0.5, 0.6) is 0 Å². The molecule has 1 heterocycles. The van der Waals surface area contributed by atoms with Gasteiger partial charge in [0, 0.05) is 13.1 Å². The van der Waals surface area contributed by atoms with Gasteiger partial charge in [-0.2, -0.15) is 0 Å². The number of benzene rings is 1.